The van der Waals surface area contributed by atoms with Crippen molar-refractivity contribution in [2.75, 3.05) is 0 Å². The summed E-state index contributed by atoms with van der Waals surface area (Å²) < 4.78 is 36.1. The molecular weight excluding hydrogens is 442 g/mol. The van der Waals surface area contributed by atoms with E-state index in [9.17, 15) is 13.2 Å². The van der Waals surface area contributed by atoms with Crippen molar-refractivity contribution < 1.29 is 21.9 Å². The highest BCUT2D eigenvalue weighted by molar-refractivity contribution is 7.87. The molecule has 0 saturated heterocycles. The highest BCUT2D eigenvalue weighted by atomic mass is 32.2. The normalized spacial score (nSPS) is 14.8. The van der Waals surface area contributed by atoms with E-state index < -0.39 is 16.2 Å². The fraction of sp³-hybridized carbons (Fsp3) is 0.375. The van der Waals surface area contributed by atoms with Gasteiger partial charge in [0.15, 0.2) is 5.82 Å². The molecule has 0 bridgehead atoms. The van der Waals surface area contributed by atoms with E-state index >= 15 is 0 Å². The number of carbonyl (C=O) groups is 1. The fourth-order valence-corrected chi connectivity index (χ4v) is 4.68. The Morgan fingerprint density at radius 2 is 1.82 bits per heavy atom. The minimum atomic E-state index is -3.99. The second-order valence-electron chi connectivity index (χ2n) is 8.79. The third kappa shape index (κ3) is 5.24. The van der Waals surface area contributed by atoms with E-state index in [1.807, 2.05) is 26.8 Å². The van der Waals surface area contributed by atoms with E-state index in [0.717, 1.165) is 18.4 Å². The summed E-state index contributed by atoms with van der Waals surface area (Å²) >= 11 is 0. The van der Waals surface area contributed by atoms with E-state index in [0.29, 0.717) is 28.8 Å². The van der Waals surface area contributed by atoms with Gasteiger partial charge in [-0.25, -0.2) is 0 Å². The van der Waals surface area contributed by atoms with Gasteiger partial charge in [-0.15, -0.1) is 0 Å². The average molecular weight is 470 g/mol. The molecule has 2 aromatic carbocycles. The van der Waals surface area contributed by atoms with Gasteiger partial charge < -0.3 is 14.0 Å². The quantitative estimate of drug-likeness (QED) is 0.485. The number of carbonyl (C=O) groups excluding carboxylic acids is 1. The van der Waals surface area contributed by atoms with Crippen molar-refractivity contribution in [2.45, 2.75) is 57.4 Å². The zero-order chi connectivity index (χ0) is 23.8. The summed E-state index contributed by atoms with van der Waals surface area (Å²) in [4.78, 5) is 17.4. The summed E-state index contributed by atoms with van der Waals surface area (Å²) in [5.41, 5.74) is 1.78. The molecule has 1 atom stereocenters. The predicted molar refractivity (Wildman–Crippen MR) is 121 cm³/mol. The molecule has 1 aromatic heterocycles. The zero-order valence-electron chi connectivity index (χ0n) is 19.0. The molecule has 3 aromatic rings. The molecule has 0 spiro atoms. The molecule has 9 heteroatoms. The maximum atomic E-state index is 12.8. The zero-order valence-corrected chi connectivity index (χ0v) is 19.8. The smallest absolute Gasteiger partial charge is 0.339 e. The van der Waals surface area contributed by atoms with Crippen LogP contribution in [0.5, 0.6) is 5.75 Å². The molecule has 1 amide bonds. The summed E-state index contributed by atoms with van der Waals surface area (Å²) in [6, 6.07) is 10.7. The Balaban J connectivity index is 1.46. The summed E-state index contributed by atoms with van der Waals surface area (Å²) in [6.07, 6.45) is 2.12. The number of nitrogens with zero attached hydrogens (tertiary/aromatic N) is 2. The summed E-state index contributed by atoms with van der Waals surface area (Å²) in [5.74, 6) is 1.27. The van der Waals surface area contributed by atoms with Gasteiger partial charge >= 0.3 is 10.1 Å². The number of aromatic nitrogens is 2. The molecule has 1 aliphatic rings. The lowest BCUT2D eigenvalue weighted by Crippen LogP contribution is -2.32. The van der Waals surface area contributed by atoms with Crippen molar-refractivity contribution in [3.8, 4) is 5.75 Å². The molecule has 1 unspecified atom stereocenters. The van der Waals surface area contributed by atoms with Gasteiger partial charge in [0.25, 0.3) is 5.91 Å². The van der Waals surface area contributed by atoms with Crippen molar-refractivity contribution in [1.29, 1.82) is 0 Å². The predicted octanol–water partition coefficient (Wildman–Crippen LogP) is 4.46. The summed E-state index contributed by atoms with van der Waals surface area (Å²) in [7, 11) is -3.99. The van der Waals surface area contributed by atoms with Gasteiger partial charge in [-0.3, -0.25) is 4.79 Å². The van der Waals surface area contributed by atoms with Crippen molar-refractivity contribution in [1.82, 2.24) is 15.5 Å². The molecule has 8 nitrogen and oxygen atoms in total. The van der Waals surface area contributed by atoms with Crippen LogP contribution in [-0.4, -0.2) is 24.5 Å². The number of rotatable bonds is 8. The summed E-state index contributed by atoms with van der Waals surface area (Å²) in [6.45, 7) is 7.45. The highest BCUT2D eigenvalue weighted by Gasteiger charge is 2.31. The molecule has 33 heavy (non-hydrogen) atoms. The largest absolute Gasteiger partial charge is 0.379 e. The molecule has 1 saturated carbocycles. The van der Waals surface area contributed by atoms with Gasteiger partial charge in [-0.05, 0) is 74.1 Å². The molecule has 174 valence electrons. The third-order valence-corrected chi connectivity index (χ3v) is 6.95. The second-order valence-corrected chi connectivity index (χ2v) is 10.3. The Bertz CT molecular complexity index is 1260. The lowest BCUT2D eigenvalue weighted by molar-refractivity contribution is 0.0914. The molecule has 4 rings (SSSR count). The van der Waals surface area contributed by atoms with Crippen LogP contribution in [0, 0.1) is 19.8 Å². The van der Waals surface area contributed by atoms with Gasteiger partial charge in [-0.1, -0.05) is 31.1 Å². The maximum absolute atomic E-state index is 12.8. The number of nitrogens with one attached hydrogen (secondary N) is 1. The standard InChI is InChI=1S/C24H27N3O5S/c1-14(2)21(24-26-22(27-31-24)17-7-8-17)25-23(28)18-9-11-19(12-10-18)32-33(29,30)20-13-15(3)5-6-16(20)4/h5-6,9-14,17,21H,7-8H2,1-4H3,(H,25,28). The second kappa shape index (κ2) is 8.97. The van der Waals surface area contributed by atoms with Crippen LogP contribution in [0.4, 0.5) is 0 Å². The topological polar surface area (TPSA) is 111 Å². The monoisotopic (exact) mass is 469 g/mol. The number of hydrogen-bond acceptors (Lipinski definition) is 7. The minimum Gasteiger partial charge on any atom is -0.379 e. The maximum Gasteiger partial charge on any atom is 0.339 e. The molecule has 1 aliphatic carbocycles. The number of aryl methyl sites for hydroxylation is 2. The van der Waals surface area contributed by atoms with Gasteiger partial charge in [0.1, 0.15) is 16.7 Å². The number of amides is 1. The van der Waals surface area contributed by atoms with Gasteiger partial charge in [0.2, 0.25) is 5.89 Å². The lowest BCUT2D eigenvalue weighted by Gasteiger charge is -2.18. The van der Waals surface area contributed by atoms with Crippen molar-refractivity contribution in [2.24, 2.45) is 5.92 Å². The van der Waals surface area contributed by atoms with E-state index in [1.54, 1.807) is 19.1 Å². The Labute approximate surface area is 193 Å². The first-order chi connectivity index (χ1) is 15.6. The van der Waals surface area contributed by atoms with Crippen molar-refractivity contribution in [3.05, 3.63) is 70.9 Å². The molecule has 1 fully saturated rings. The number of hydrogen-bond donors (Lipinski definition) is 1. The van der Waals surface area contributed by atoms with Crippen LogP contribution in [-0.2, 0) is 10.1 Å². The van der Waals surface area contributed by atoms with Crippen LogP contribution < -0.4 is 9.50 Å². The summed E-state index contributed by atoms with van der Waals surface area (Å²) in [5, 5.41) is 6.97. The van der Waals surface area contributed by atoms with Crippen LogP contribution in [0.1, 0.15) is 71.8 Å². The Kier molecular flexibility index (Phi) is 6.25. The number of benzene rings is 2. The van der Waals surface area contributed by atoms with Crippen LogP contribution >= 0.6 is 0 Å². The first-order valence-corrected chi connectivity index (χ1v) is 12.3. The first kappa shape index (κ1) is 23.0. The SMILES string of the molecule is Cc1ccc(C)c(S(=O)(=O)Oc2ccc(C(=O)NC(c3nc(C4CC4)no3)C(C)C)cc2)c1. The molecule has 0 aliphatic heterocycles. The van der Waals surface area contributed by atoms with Gasteiger partial charge in [0.05, 0.1) is 0 Å². The van der Waals surface area contributed by atoms with Crippen LogP contribution in [0.15, 0.2) is 51.9 Å². The molecule has 1 heterocycles. The average Bonchev–Trinajstić information content (AvgIpc) is 3.50. The van der Waals surface area contributed by atoms with Crippen molar-refractivity contribution in [3.63, 3.8) is 0 Å². The van der Waals surface area contributed by atoms with E-state index in [4.69, 9.17) is 8.71 Å². The van der Waals surface area contributed by atoms with Gasteiger partial charge in [0, 0.05) is 11.5 Å². The Hall–Kier alpha value is -3.20. The third-order valence-electron chi connectivity index (χ3n) is 5.55. The highest BCUT2D eigenvalue weighted by Crippen LogP contribution is 2.38. The van der Waals surface area contributed by atoms with Crippen LogP contribution in [0.25, 0.3) is 0 Å². The first-order valence-electron chi connectivity index (χ1n) is 10.9. The molecular formula is C24H27N3O5S. The van der Waals surface area contributed by atoms with E-state index in [1.165, 1.54) is 24.3 Å². The minimum absolute atomic E-state index is 0.0340. The van der Waals surface area contributed by atoms with Crippen molar-refractivity contribution >= 4 is 16.0 Å². The molecule has 1 N–H and O–H groups in total. The van der Waals surface area contributed by atoms with Crippen LogP contribution in [0.2, 0.25) is 0 Å². The van der Waals surface area contributed by atoms with Gasteiger partial charge in [-0.2, -0.15) is 13.4 Å². The van der Waals surface area contributed by atoms with E-state index in [-0.39, 0.29) is 22.5 Å². The lowest BCUT2D eigenvalue weighted by atomic mass is 10.0. The van der Waals surface area contributed by atoms with Crippen LogP contribution in [0.3, 0.4) is 0 Å². The van der Waals surface area contributed by atoms with E-state index in [2.05, 4.69) is 15.5 Å². The molecule has 0 radical (unpaired) electrons. The fourth-order valence-electron chi connectivity index (χ4n) is 3.43. The Morgan fingerprint density at radius 3 is 2.45 bits per heavy atom. The Morgan fingerprint density at radius 1 is 1.12 bits per heavy atom.